The Morgan fingerprint density at radius 2 is 1.76 bits per heavy atom. The van der Waals surface area contributed by atoms with Gasteiger partial charge in [0.15, 0.2) is 19.3 Å². The van der Waals surface area contributed by atoms with Crippen LogP contribution < -0.4 is 19.7 Å². The molecule has 3 rings (SSSR count). The van der Waals surface area contributed by atoms with Crippen molar-refractivity contribution in [2.24, 2.45) is 0 Å². The minimum atomic E-state index is -1.23. The van der Waals surface area contributed by atoms with E-state index in [2.05, 4.69) is 10.4 Å². The number of anilines is 2. The SMILES string of the molecule is COCOOc1cc(OCOC)cc(Nc2cc(C)nn2Cc2ccc(OC)cc2)c1C(=O)O. The van der Waals surface area contributed by atoms with Crippen molar-refractivity contribution in [3.8, 4) is 17.2 Å². The summed E-state index contributed by atoms with van der Waals surface area (Å²) in [7, 11) is 4.50. The molecule has 11 heteroatoms. The van der Waals surface area contributed by atoms with Gasteiger partial charge in [-0.1, -0.05) is 12.1 Å². The number of carboxylic acids is 1. The van der Waals surface area contributed by atoms with Gasteiger partial charge in [0.1, 0.15) is 22.9 Å². The minimum absolute atomic E-state index is 0.0429. The smallest absolute Gasteiger partial charge is 0.341 e. The van der Waals surface area contributed by atoms with Gasteiger partial charge in [0, 0.05) is 32.4 Å². The highest BCUT2D eigenvalue weighted by Gasteiger charge is 2.22. The van der Waals surface area contributed by atoms with Crippen molar-refractivity contribution in [3.05, 3.63) is 59.3 Å². The van der Waals surface area contributed by atoms with Crippen LogP contribution in [0.1, 0.15) is 21.6 Å². The van der Waals surface area contributed by atoms with Crippen LogP contribution in [0.3, 0.4) is 0 Å². The highest BCUT2D eigenvalue weighted by atomic mass is 17.2. The summed E-state index contributed by atoms with van der Waals surface area (Å²) in [6, 6.07) is 12.3. The van der Waals surface area contributed by atoms with Gasteiger partial charge in [0.05, 0.1) is 25.0 Å². The zero-order chi connectivity index (χ0) is 24.5. The van der Waals surface area contributed by atoms with Crippen LogP contribution in [0.15, 0.2) is 42.5 Å². The van der Waals surface area contributed by atoms with E-state index in [-0.39, 0.29) is 30.6 Å². The molecule has 11 nitrogen and oxygen atoms in total. The molecule has 0 saturated carbocycles. The Morgan fingerprint density at radius 3 is 2.41 bits per heavy atom. The summed E-state index contributed by atoms with van der Waals surface area (Å²) in [4.78, 5) is 22.2. The lowest BCUT2D eigenvalue weighted by atomic mass is 10.1. The van der Waals surface area contributed by atoms with Crippen molar-refractivity contribution in [1.82, 2.24) is 9.78 Å². The van der Waals surface area contributed by atoms with Crippen molar-refractivity contribution in [2.75, 3.05) is 40.2 Å². The molecule has 3 aromatic rings. The van der Waals surface area contributed by atoms with Crippen molar-refractivity contribution in [3.63, 3.8) is 0 Å². The topological polar surface area (TPSA) is 123 Å². The first-order valence-corrected chi connectivity index (χ1v) is 10.2. The highest BCUT2D eigenvalue weighted by Crippen LogP contribution is 2.35. The monoisotopic (exact) mass is 473 g/mol. The van der Waals surface area contributed by atoms with Gasteiger partial charge in [-0.3, -0.25) is 0 Å². The number of rotatable bonds is 13. The predicted octanol–water partition coefficient (Wildman–Crippen LogP) is 3.59. The molecule has 34 heavy (non-hydrogen) atoms. The number of aromatic carboxylic acids is 1. The van der Waals surface area contributed by atoms with E-state index in [0.717, 1.165) is 17.0 Å². The molecule has 0 aliphatic heterocycles. The number of hydrogen-bond donors (Lipinski definition) is 2. The normalized spacial score (nSPS) is 10.7. The third-order valence-corrected chi connectivity index (χ3v) is 4.60. The Morgan fingerprint density at radius 1 is 1.03 bits per heavy atom. The van der Waals surface area contributed by atoms with Gasteiger partial charge in [0.2, 0.25) is 0 Å². The molecule has 0 bridgehead atoms. The molecule has 2 aromatic carbocycles. The summed E-state index contributed by atoms with van der Waals surface area (Å²) in [6.07, 6.45) is 0. The van der Waals surface area contributed by atoms with Crippen molar-refractivity contribution >= 4 is 17.5 Å². The zero-order valence-electron chi connectivity index (χ0n) is 19.4. The van der Waals surface area contributed by atoms with E-state index in [1.54, 1.807) is 17.9 Å². The molecule has 182 valence electrons. The molecule has 0 aliphatic rings. The van der Waals surface area contributed by atoms with E-state index in [1.165, 1.54) is 26.4 Å². The Hall–Kier alpha value is -3.80. The Kier molecular flexibility index (Phi) is 8.68. The first-order valence-electron chi connectivity index (χ1n) is 10.2. The number of aryl methyl sites for hydroxylation is 1. The van der Waals surface area contributed by atoms with Crippen LogP contribution in [0.25, 0.3) is 0 Å². The average molecular weight is 473 g/mol. The van der Waals surface area contributed by atoms with E-state index in [0.29, 0.717) is 18.1 Å². The second kappa shape index (κ2) is 11.9. The van der Waals surface area contributed by atoms with Gasteiger partial charge < -0.3 is 34.3 Å². The van der Waals surface area contributed by atoms with Crippen LogP contribution in [0.2, 0.25) is 0 Å². The van der Waals surface area contributed by atoms with Gasteiger partial charge in [0.25, 0.3) is 0 Å². The number of hydrogen-bond acceptors (Lipinski definition) is 9. The third kappa shape index (κ3) is 6.38. The van der Waals surface area contributed by atoms with Gasteiger partial charge in [-0.2, -0.15) is 9.99 Å². The fraction of sp³-hybridized carbons (Fsp3) is 0.304. The molecule has 0 saturated heterocycles. The summed E-state index contributed by atoms with van der Waals surface area (Å²) in [6.45, 7) is 2.05. The number of nitrogens with one attached hydrogen (secondary N) is 1. The first kappa shape index (κ1) is 24.8. The summed E-state index contributed by atoms with van der Waals surface area (Å²) < 4.78 is 22.2. The number of nitrogens with zero attached hydrogens (tertiary/aromatic N) is 2. The molecular weight excluding hydrogens is 446 g/mol. The number of aromatic nitrogens is 2. The number of benzene rings is 2. The van der Waals surface area contributed by atoms with Crippen LogP contribution in [-0.4, -0.2) is 55.8 Å². The maximum atomic E-state index is 12.1. The van der Waals surface area contributed by atoms with E-state index in [4.69, 9.17) is 28.7 Å². The van der Waals surface area contributed by atoms with E-state index in [9.17, 15) is 9.90 Å². The van der Waals surface area contributed by atoms with E-state index in [1.807, 2.05) is 31.2 Å². The molecule has 0 unspecified atom stereocenters. The molecule has 0 aliphatic carbocycles. The number of ether oxygens (including phenoxy) is 4. The second-order valence-corrected chi connectivity index (χ2v) is 7.11. The minimum Gasteiger partial charge on any atom is -0.497 e. The third-order valence-electron chi connectivity index (χ3n) is 4.60. The molecule has 0 spiro atoms. The molecule has 2 N–H and O–H groups in total. The zero-order valence-corrected chi connectivity index (χ0v) is 19.4. The molecular formula is C23H27N3O8. The quantitative estimate of drug-likeness (QED) is 0.165. The van der Waals surface area contributed by atoms with E-state index < -0.39 is 5.97 Å². The number of carboxylic acid groups (broad SMARTS) is 1. The van der Waals surface area contributed by atoms with Gasteiger partial charge >= 0.3 is 5.97 Å². The van der Waals surface area contributed by atoms with Crippen LogP contribution in [0.4, 0.5) is 11.5 Å². The summed E-state index contributed by atoms with van der Waals surface area (Å²) in [5.41, 5.74) is 1.79. The second-order valence-electron chi connectivity index (χ2n) is 7.11. The maximum Gasteiger partial charge on any atom is 0.341 e. The molecule has 0 radical (unpaired) electrons. The molecule has 0 fully saturated rings. The highest BCUT2D eigenvalue weighted by molar-refractivity contribution is 5.98. The lowest BCUT2D eigenvalue weighted by molar-refractivity contribution is -0.260. The average Bonchev–Trinajstić information content (AvgIpc) is 3.16. The van der Waals surface area contributed by atoms with Gasteiger partial charge in [-0.15, -0.1) is 0 Å². The fourth-order valence-corrected chi connectivity index (χ4v) is 3.13. The lowest BCUT2D eigenvalue weighted by Gasteiger charge is -2.16. The van der Waals surface area contributed by atoms with Gasteiger partial charge in [-0.25, -0.2) is 9.48 Å². The van der Waals surface area contributed by atoms with Crippen LogP contribution >= 0.6 is 0 Å². The summed E-state index contributed by atoms with van der Waals surface area (Å²) in [5.74, 6) is 0.334. The largest absolute Gasteiger partial charge is 0.497 e. The Bertz CT molecular complexity index is 1100. The predicted molar refractivity (Wildman–Crippen MR) is 122 cm³/mol. The summed E-state index contributed by atoms with van der Waals surface area (Å²) in [5, 5.41) is 17.6. The van der Waals surface area contributed by atoms with Crippen LogP contribution in [0, 0.1) is 6.92 Å². The fourth-order valence-electron chi connectivity index (χ4n) is 3.13. The number of methoxy groups -OCH3 is 3. The molecule has 0 atom stereocenters. The van der Waals surface area contributed by atoms with Crippen LogP contribution in [-0.2, 0) is 20.9 Å². The van der Waals surface area contributed by atoms with E-state index >= 15 is 0 Å². The molecule has 1 heterocycles. The summed E-state index contributed by atoms with van der Waals surface area (Å²) >= 11 is 0. The maximum absolute atomic E-state index is 12.1. The number of carbonyl (C=O) groups is 1. The van der Waals surface area contributed by atoms with Crippen LogP contribution in [0.5, 0.6) is 17.2 Å². The molecule has 1 aromatic heterocycles. The Balaban J connectivity index is 1.96. The molecule has 0 amide bonds. The first-order chi connectivity index (χ1) is 16.4. The lowest BCUT2D eigenvalue weighted by Crippen LogP contribution is -2.12. The van der Waals surface area contributed by atoms with Crippen molar-refractivity contribution in [2.45, 2.75) is 13.5 Å². The Labute approximate surface area is 196 Å². The standard InChI is InChI=1S/C23H27N3O8/c1-15-9-21(26(25-15)12-16-5-7-17(31-4)8-6-16)24-19-10-18(32-13-29-2)11-20(22(19)23(27)28)34-33-14-30-3/h5-11,24H,12-14H2,1-4H3,(H,27,28). The van der Waals surface area contributed by atoms with Gasteiger partial charge in [-0.05, 0) is 24.6 Å². The van der Waals surface area contributed by atoms with Crippen molar-refractivity contribution < 1.29 is 38.6 Å². The van der Waals surface area contributed by atoms with Crippen molar-refractivity contribution in [1.29, 1.82) is 0 Å².